The van der Waals surface area contributed by atoms with Crippen LogP contribution in [0.1, 0.15) is 12.7 Å². The minimum absolute atomic E-state index is 0.0388. The quantitative estimate of drug-likeness (QED) is 0.124. The Bertz CT molecular complexity index is 1120. The maximum absolute atomic E-state index is 12.9. The first-order chi connectivity index (χ1) is 16.9. The monoisotopic (exact) mass is 543 g/mol. The SMILES string of the molecule is CC(O)C[N+](C)(C)C/C=C/C1=C(C(=O)[O-])N2C(=O)[C@@H](NC(=O)/C(=N\OCF)c3nsc(N)n3)[C@@H]2SC1. The summed E-state index contributed by atoms with van der Waals surface area (Å²) in [6.07, 6.45) is 2.92. The first kappa shape index (κ1) is 27.5. The molecule has 0 saturated carbocycles. The number of allylic oxidation sites excluding steroid dienone is 1. The molecule has 2 amide bonds. The Labute approximate surface area is 214 Å². The van der Waals surface area contributed by atoms with Gasteiger partial charge in [0.15, 0.2) is 5.13 Å². The van der Waals surface area contributed by atoms with Crippen LogP contribution >= 0.6 is 23.3 Å². The summed E-state index contributed by atoms with van der Waals surface area (Å²) in [6, 6.07) is -1.07. The second-order valence-corrected chi connectivity index (χ2v) is 10.6. The molecule has 1 unspecified atom stereocenters. The van der Waals surface area contributed by atoms with Crippen LogP contribution in [0.2, 0.25) is 0 Å². The van der Waals surface area contributed by atoms with E-state index in [1.165, 1.54) is 11.8 Å². The van der Waals surface area contributed by atoms with Crippen molar-refractivity contribution in [2.75, 3.05) is 45.5 Å². The number of β-lactam (4-membered cyclic amide) rings is 1. The summed E-state index contributed by atoms with van der Waals surface area (Å²) in [5, 5.41) is 26.7. The molecule has 0 aromatic carbocycles. The van der Waals surface area contributed by atoms with Crippen LogP contribution in [-0.4, -0.2) is 105 Å². The number of oxime groups is 1. The minimum atomic E-state index is -1.52. The molecule has 0 radical (unpaired) electrons. The molecule has 2 aliphatic rings. The molecule has 4 N–H and O–H groups in total. The van der Waals surface area contributed by atoms with Crippen molar-refractivity contribution in [2.45, 2.75) is 24.4 Å². The van der Waals surface area contributed by atoms with Crippen molar-refractivity contribution in [2.24, 2.45) is 5.16 Å². The first-order valence-electron chi connectivity index (χ1n) is 10.7. The van der Waals surface area contributed by atoms with E-state index < -0.39 is 47.9 Å². The van der Waals surface area contributed by atoms with Crippen molar-refractivity contribution in [3.63, 3.8) is 0 Å². The average molecular weight is 544 g/mol. The van der Waals surface area contributed by atoms with Gasteiger partial charge in [-0.15, -0.1) is 11.8 Å². The van der Waals surface area contributed by atoms with E-state index in [1.807, 2.05) is 14.1 Å². The third kappa shape index (κ3) is 6.18. The fraction of sp³-hybridized carbons (Fsp3) is 0.500. The Morgan fingerprint density at radius 3 is 2.81 bits per heavy atom. The van der Waals surface area contributed by atoms with Crippen molar-refractivity contribution in [1.29, 1.82) is 0 Å². The molecule has 0 spiro atoms. The number of halogens is 1. The number of carbonyl (C=O) groups is 3. The molecule has 3 rings (SSSR count). The molecule has 1 saturated heterocycles. The fourth-order valence-electron chi connectivity index (χ4n) is 3.84. The van der Waals surface area contributed by atoms with Gasteiger partial charge in [0.1, 0.15) is 24.1 Å². The lowest BCUT2D eigenvalue weighted by molar-refractivity contribution is -0.887. The van der Waals surface area contributed by atoms with Crippen LogP contribution in [-0.2, 0) is 19.2 Å². The standard InChI is InChI=1S/C20H26FN7O6S2/c1-10(29)7-28(2,3)6-4-5-11-8-35-18-13(17(31)27(18)14(11)19(32)33)23-16(30)12(25-34-9-21)15-24-20(22)36-26-15/h4-5,10,13,18,29H,6-9H2,1-3H3,(H3-,22,23,24,26,30,32,33)/b5-4+,25-12-/t10?,13-,18+/m1/s1. The van der Waals surface area contributed by atoms with Crippen molar-refractivity contribution in [3.8, 4) is 0 Å². The van der Waals surface area contributed by atoms with Gasteiger partial charge in [0.25, 0.3) is 18.7 Å². The van der Waals surface area contributed by atoms with E-state index in [4.69, 9.17) is 5.73 Å². The minimum Gasteiger partial charge on any atom is -0.543 e. The number of carboxylic acids is 1. The molecule has 1 fully saturated rings. The van der Waals surface area contributed by atoms with Gasteiger partial charge >= 0.3 is 0 Å². The molecule has 0 aliphatic carbocycles. The normalized spacial score (nSPS) is 21.3. The number of quaternary nitrogens is 1. The van der Waals surface area contributed by atoms with Crippen LogP contribution < -0.4 is 16.2 Å². The number of anilines is 1. The number of fused-ring (bicyclic) bond motifs is 1. The van der Waals surface area contributed by atoms with Crippen LogP contribution in [0.5, 0.6) is 0 Å². The largest absolute Gasteiger partial charge is 0.543 e. The zero-order valence-corrected chi connectivity index (χ0v) is 21.3. The lowest BCUT2D eigenvalue weighted by Gasteiger charge is -2.50. The lowest BCUT2D eigenvalue weighted by Crippen LogP contribution is -2.71. The van der Waals surface area contributed by atoms with E-state index >= 15 is 0 Å². The highest BCUT2D eigenvalue weighted by atomic mass is 32.2. The number of carboxylic acid groups (broad SMARTS) is 1. The van der Waals surface area contributed by atoms with E-state index in [0.717, 1.165) is 16.4 Å². The number of aliphatic carboxylic acids is 1. The van der Waals surface area contributed by atoms with Gasteiger partial charge in [0, 0.05) is 17.3 Å². The van der Waals surface area contributed by atoms with Crippen LogP contribution in [0.3, 0.4) is 0 Å². The lowest BCUT2D eigenvalue weighted by atomic mass is 10.0. The van der Waals surface area contributed by atoms with Gasteiger partial charge in [-0.1, -0.05) is 11.2 Å². The number of nitrogens with one attached hydrogen (secondary N) is 1. The Morgan fingerprint density at radius 1 is 1.50 bits per heavy atom. The number of carbonyl (C=O) groups excluding carboxylic acids is 3. The van der Waals surface area contributed by atoms with Gasteiger partial charge in [-0.2, -0.15) is 9.36 Å². The summed E-state index contributed by atoms with van der Waals surface area (Å²) in [5.41, 5.74) is 5.17. The van der Waals surface area contributed by atoms with Crippen molar-refractivity contribution in [3.05, 3.63) is 29.2 Å². The third-order valence-electron chi connectivity index (χ3n) is 5.23. The number of hydrogen-bond donors (Lipinski definition) is 3. The number of aliphatic hydroxyl groups excluding tert-OH is 1. The number of hydrogen-bond acceptors (Lipinski definition) is 12. The molecular weight excluding hydrogens is 517 g/mol. The van der Waals surface area contributed by atoms with Gasteiger partial charge in [-0.25, -0.2) is 4.39 Å². The topological polar surface area (TPSA) is 183 Å². The highest BCUT2D eigenvalue weighted by molar-refractivity contribution is 8.00. The molecule has 13 nitrogen and oxygen atoms in total. The summed E-state index contributed by atoms with van der Waals surface area (Å²) in [6.45, 7) is 1.41. The van der Waals surface area contributed by atoms with E-state index in [9.17, 15) is 29.0 Å². The number of aromatic nitrogens is 2. The highest BCUT2D eigenvalue weighted by Crippen LogP contribution is 2.40. The van der Waals surface area contributed by atoms with Gasteiger partial charge in [-0.05, 0) is 18.6 Å². The Hall–Kier alpha value is -3.08. The molecule has 16 heteroatoms. The number of nitrogens with two attached hydrogens (primary N) is 1. The van der Waals surface area contributed by atoms with Gasteiger partial charge in [0.2, 0.25) is 11.5 Å². The van der Waals surface area contributed by atoms with Gasteiger partial charge in [-0.3, -0.25) is 14.5 Å². The van der Waals surface area contributed by atoms with Crippen LogP contribution in [0.25, 0.3) is 0 Å². The third-order valence-corrected chi connectivity index (χ3v) is 7.07. The number of likely N-dealkylation sites (N-methyl/N-ethyl adjacent to an activating group) is 1. The molecule has 1 aromatic heterocycles. The Kier molecular flexibility index (Phi) is 8.65. The zero-order valence-electron chi connectivity index (χ0n) is 19.7. The molecule has 3 heterocycles. The molecule has 3 atom stereocenters. The van der Waals surface area contributed by atoms with Crippen molar-refractivity contribution >= 4 is 51.9 Å². The smallest absolute Gasteiger partial charge is 0.278 e. The van der Waals surface area contributed by atoms with Crippen LogP contribution in [0.4, 0.5) is 9.52 Å². The van der Waals surface area contributed by atoms with Gasteiger partial charge < -0.3 is 35.4 Å². The van der Waals surface area contributed by atoms with E-state index in [-0.39, 0.29) is 22.4 Å². The van der Waals surface area contributed by atoms with E-state index in [1.54, 1.807) is 19.1 Å². The van der Waals surface area contributed by atoms with Crippen molar-refractivity contribution in [1.82, 2.24) is 19.6 Å². The van der Waals surface area contributed by atoms with E-state index in [2.05, 4.69) is 24.7 Å². The summed E-state index contributed by atoms with van der Waals surface area (Å²) in [7, 11) is 3.85. The molecular formula is C20H26FN7O6S2. The molecule has 36 heavy (non-hydrogen) atoms. The number of aliphatic hydroxyl groups is 1. The number of rotatable bonds is 11. The Balaban J connectivity index is 1.75. The number of nitrogen functional groups attached to an aromatic ring is 1. The molecule has 2 aliphatic heterocycles. The Morgan fingerprint density at radius 2 is 2.22 bits per heavy atom. The maximum Gasteiger partial charge on any atom is 0.278 e. The molecule has 1 aromatic rings. The zero-order chi connectivity index (χ0) is 26.6. The number of thioether (sulfide) groups is 1. The second-order valence-electron chi connectivity index (χ2n) is 8.71. The predicted octanol–water partition coefficient (Wildman–Crippen LogP) is -1.81. The predicted molar refractivity (Wildman–Crippen MR) is 128 cm³/mol. The van der Waals surface area contributed by atoms with E-state index in [0.29, 0.717) is 23.1 Å². The second kappa shape index (κ2) is 11.3. The summed E-state index contributed by atoms with van der Waals surface area (Å²) < 4.78 is 16.8. The highest BCUT2D eigenvalue weighted by Gasteiger charge is 2.53. The van der Waals surface area contributed by atoms with Crippen LogP contribution in [0.15, 0.2) is 28.6 Å². The average Bonchev–Trinajstić information content (AvgIpc) is 3.21. The van der Waals surface area contributed by atoms with Crippen LogP contribution in [0, 0.1) is 0 Å². The molecule has 196 valence electrons. The number of nitrogens with zero attached hydrogens (tertiary/aromatic N) is 5. The number of alkyl halides is 1. The fourth-order valence-corrected chi connectivity index (χ4v) is 5.60. The first-order valence-corrected chi connectivity index (χ1v) is 12.5. The summed E-state index contributed by atoms with van der Waals surface area (Å²) in [4.78, 5) is 46.7. The number of amides is 2. The summed E-state index contributed by atoms with van der Waals surface area (Å²) in [5.74, 6) is -3.05. The van der Waals surface area contributed by atoms with Gasteiger partial charge in [0.05, 0.1) is 32.3 Å². The molecule has 0 bridgehead atoms. The summed E-state index contributed by atoms with van der Waals surface area (Å²) >= 11 is 2.04. The van der Waals surface area contributed by atoms with Crippen molar-refractivity contribution < 1.29 is 38.3 Å². The maximum atomic E-state index is 12.9.